The molecule has 0 unspecified atom stereocenters. The normalized spacial score (nSPS) is 13.4. The monoisotopic (exact) mass is 202 g/mol. The van der Waals surface area contributed by atoms with Crippen LogP contribution in [0, 0.1) is 0 Å². The molecule has 0 aromatic carbocycles. The molecule has 0 bridgehead atoms. The van der Waals surface area contributed by atoms with Gasteiger partial charge in [-0.05, 0) is 25.9 Å². The average Bonchev–Trinajstić information content (AvgIpc) is 2.24. The summed E-state index contributed by atoms with van der Waals surface area (Å²) in [5, 5.41) is 5.60. The lowest BCUT2D eigenvalue weighted by atomic mass is 10.2. The molecule has 0 aromatic rings. The quantitative estimate of drug-likeness (QED) is 0.469. The number of carbonyl (C=O) groups excluding carboxylic acids is 1. The van der Waals surface area contributed by atoms with Crippen molar-refractivity contribution < 1.29 is 6.17 Å². The first-order valence-corrected chi connectivity index (χ1v) is 5.33. The van der Waals surface area contributed by atoms with Crippen LogP contribution in [0.4, 0.5) is 0 Å². The summed E-state index contributed by atoms with van der Waals surface area (Å²) in [5.41, 5.74) is 5.29. The first-order chi connectivity index (χ1) is 7.20. The van der Waals surface area contributed by atoms with Gasteiger partial charge in [0, 0.05) is 7.92 Å². The van der Waals surface area contributed by atoms with E-state index in [2.05, 4.69) is 17.6 Å². The summed E-state index contributed by atoms with van der Waals surface area (Å²) in [6, 6.07) is 0. The molecule has 0 radical (unpaired) electrons. The number of hydrogen-bond acceptors (Lipinski definition) is 3. The van der Waals surface area contributed by atoms with E-state index in [0.29, 0.717) is 13.1 Å². The minimum Gasteiger partial charge on any atom is -0.355 e. The summed E-state index contributed by atoms with van der Waals surface area (Å²) < 4.78 is 7.57. The first kappa shape index (κ1) is 11.5. The predicted octanol–water partition coefficient (Wildman–Crippen LogP) is 0.231. The molecular weight excluding hydrogens is 178 g/mol. The van der Waals surface area contributed by atoms with Crippen molar-refractivity contribution in [3.8, 4) is 0 Å². The fourth-order valence-electron chi connectivity index (χ4n) is 0.965. The van der Waals surface area contributed by atoms with Crippen LogP contribution in [0.15, 0.2) is 0 Å². The Bertz CT molecular complexity index is 167. The number of amides is 1. The van der Waals surface area contributed by atoms with Crippen LogP contribution in [-0.4, -0.2) is 32.1 Å². The largest absolute Gasteiger partial charge is 0.355 e. The highest BCUT2D eigenvalue weighted by molar-refractivity contribution is 5.77. The second-order valence-electron chi connectivity index (χ2n) is 3.22. The standard InChI is InChI=1S/C10H23N3O/c1-2-3-4-7-12-9-10(14)13-8-5-6-11/h12H,2-9,11H2,1H3,(H,13,14)/i7D/t7-/m0/s1. The van der Waals surface area contributed by atoms with Crippen molar-refractivity contribution in [2.45, 2.75) is 32.6 Å². The fraction of sp³-hybridized carbons (Fsp3) is 0.900. The van der Waals surface area contributed by atoms with E-state index in [1.807, 2.05) is 0 Å². The summed E-state index contributed by atoms with van der Waals surface area (Å²) in [7, 11) is 0. The van der Waals surface area contributed by atoms with Crippen molar-refractivity contribution >= 4 is 5.91 Å². The van der Waals surface area contributed by atoms with Gasteiger partial charge in [0.05, 0.1) is 6.54 Å². The van der Waals surface area contributed by atoms with Crippen molar-refractivity contribution in [1.29, 1.82) is 0 Å². The lowest BCUT2D eigenvalue weighted by molar-refractivity contribution is -0.120. The minimum absolute atomic E-state index is 0.0581. The molecule has 4 heteroatoms. The van der Waals surface area contributed by atoms with Crippen LogP contribution >= 0.6 is 0 Å². The predicted molar refractivity (Wildman–Crippen MR) is 59.1 cm³/mol. The zero-order chi connectivity index (χ0) is 11.5. The Hall–Kier alpha value is -0.610. The lowest BCUT2D eigenvalue weighted by Gasteiger charge is -2.05. The Morgan fingerprint density at radius 2 is 2.21 bits per heavy atom. The smallest absolute Gasteiger partial charge is 0.233 e. The average molecular weight is 202 g/mol. The third-order valence-electron chi connectivity index (χ3n) is 1.81. The molecule has 0 heterocycles. The number of nitrogens with two attached hydrogens (primary N) is 1. The number of hydrogen-bond donors (Lipinski definition) is 3. The highest BCUT2D eigenvalue weighted by Gasteiger charge is 1.97. The molecule has 0 spiro atoms. The van der Waals surface area contributed by atoms with Gasteiger partial charge in [-0.1, -0.05) is 19.8 Å². The van der Waals surface area contributed by atoms with Gasteiger partial charge in [0.2, 0.25) is 5.91 Å². The molecule has 0 aromatic heterocycles. The Balaban J connectivity index is 3.36. The molecule has 84 valence electrons. The molecule has 14 heavy (non-hydrogen) atoms. The van der Waals surface area contributed by atoms with Gasteiger partial charge in [0.15, 0.2) is 0 Å². The lowest BCUT2D eigenvalue weighted by Crippen LogP contribution is -2.35. The molecule has 0 aliphatic carbocycles. The first-order valence-electron chi connectivity index (χ1n) is 5.90. The highest BCUT2D eigenvalue weighted by Crippen LogP contribution is 1.90. The van der Waals surface area contributed by atoms with E-state index in [-0.39, 0.29) is 19.0 Å². The molecule has 4 N–H and O–H groups in total. The van der Waals surface area contributed by atoms with Crippen molar-refractivity contribution in [2.75, 3.05) is 26.2 Å². The third kappa shape index (κ3) is 9.48. The van der Waals surface area contributed by atoms with Crippen molar-refractivity contribution in [1.82, 2.24) is 10.6 Å². The zero-order valence-electron chi connectivity index (χ0n) is 10.0. The highest BCUT2D eigenvalue weighted by atomic mass is 16.1. The number of carbonyl (C=O) groups is 1. The van der Waals surface area contributed by atoms with Crippen molar-refractivity contribution in [3.05, 3.63) is 0 Å². The molecule has 0 saturated heterocycles. The van der Waals surface area contributed by atoms with Gasteiger partial charge in [-0.25, -0.2) is 0 Å². The van der Waals surface area contributed by atoms with Gasteiger partial charge in [-0.3, -0.25) is 4.79 Å². The Morgan fingerprint density at radius 1 is 1.43 bits per heavy atom. The van der Waals surface area contributed by atoms with E-state index in [1.54, 1.807) is 0 Å². The van der Waals surface area contributed by atoms with E-state index in [4.69, 9.17) is 7.10 Å². The van der Waals surface area contributed by atoms with E-state index in [1.165, 1.54) is 0 Å². The van der Waals surface area contributed by atoms with Crippen molar-refractivity contribution in [2.24, 2.45) is 5.73 Å². The van der Waals surface area contributed by atoms with Gasteiger partial charge in [0.1, 0.15) is 0 Å². The van der Waals surface area contributed by atoms with Gasteiger partial charge in [-0.15, -0.1) is 0 Å². The van der Waals surface area contributed by atoms with E-state index in [9.17, 15) is 4.79 Å². The maximum Gasteiger partial charge on any atom is 0.233 e. The minimum atomic E-state index is -0.329. The SMILES string of the molecule is [2H][C@@H](CCCC)NCC(=O)NCCCN. The summed E-state index contributed by atoms with van der Waals surface area (Å²) in [5.74, 6) is -0.0581. The van der Waals surface area contributed by atoms with Crippen LogP contribution in [0.1, 0.15) is 34.0 Å². The fourth-order valence-corrected chi connectivity index (χ4v) is 0.965. The topological polar surface area (TPSA) is 67.2 Å². The molecule has 0 aliphatic rings. The van der Waals surface area contributed by atoms with Gasteiger partial charge >= 0.3 is 0 Å². The number of unbranched alkanes of at least 4 members (excludes halogenated alkanes) is 1. The maximum atomic E-state index is 11.2. The van der Waals surface area contributed by atoms with Gasteiger partial charge < -0.3 is 16.4 Å². The summed E-state index contributed by atoms with van der Waals surface area (Å²) in [6.45, 7) is 3.19. The van der Waals surface area contributed by atoms with E-state index < -0.39 is 0 Å². The van der Waals surface area contributed by atoms with Crippen LogP contribution in [0.2, 0.25) is 0 Å². The Labute approximate surface area is 88.0 Å². The van der Waals surface area contributed by atoms with E-state index >= 15 is 0 Å². The molecule has 0 fully saturated rings. The Morgan fingerprint density at radius 3 is 2.86 bits per heavy atom. The second kappa shape index (κ2) is 10.5. The summed E-state index contributed by atoms with van der Waals surface area (Å²) in [4.78, 5) is 11.2. The molecule has 1 atom stereocenters. The van der Waals surface area contributed by atoms with Gasteiger partial charge in [0.25, 0.3) is 0 Å². The second-order valence-corrected chi connectivity index (χ2v) is 3.22. The molecule has 4 nitrogen and oxygen atoms in total. The van der Waals surface area contributed by atoms with Crippen LogP contribution in [0.3, 0.4) is 0 Å². The van der Waals surface area contributed by atoms with Crippen molar-refractivity contribution in [3.63, 3.8) is 0 Å². The van der Waals surface area contributed by atoms with E-state index in [0.717, 1.165) is 25.7 Å². The summed E-state index contributed by atoms with van der Waals surface area (Å²) >= 11 is 0. The van der Waals surface area contributed by atoms with Crippen LogP contribution in [0.25, 0.3) is 0 Å². The number of rotatable bonds is 9. The molecule has 0 rings (SSSR count). The van der Waals surface area contributed by atoms with Gasteiger partial charge in [-0.2, -0.15) is 0 Å². The molecular formula is C10H23N3O. The Kier molecular flexibility index (Phi) is 8.57. The van der Waals surface area contributed by atoms with Crippen LogP contribution < -0.4 is 16.4 Å². The zero-order valence-corrected chi connectivity index (χ0v) is 9.01. The molecule has 0 saturated carbocycles. The third-order valence-corrected chi connectivity index (χ3v) is 1.81. The number of nitrogens with one attached hydrogen (secondary N) is 2. The maximum absolute atomic E-state index is 11.2. The summed E-state index contributed by atoms with van der Waals surface area (Å²) in [6.07, 6.45) is 3.70. The molecule has 1 amide bonds. The molecule has 0 aliphatic heterocycles. The van der Waals surface area contributed by atoms with Crippen LogP contribution in [0.5, 0.6) is 0 Å². The van der Waals surface area contributed by atoms with Crippen LogP contribution in [-0.2, 0) is 4.79 Å².